The van der Waals surface area contributed by atoms with Crippen LogP contribution in [0, 0.1) is 0 Å². The summed E-state index contributed by atoms with van der Waals surface area (Å²) in [4.78, 5) is 10.8. The van der Waals surface area contributed by atoms with Crippen LogP contribution in [0.15, 0.2) is 15.2 Å². The highest BCUT2D eigenvalue weighted by atomic mass is 79.9. The topological polar surface area (TPSA) is 41.1 Å². The Morgan fingerprint density at radius 1 is 1.75 bits per heavy atom. The van der Waals surface area contributed by atoms with Crippen molar-refractivity contribution in [3.8, 4) is 0 Å². The normalized spacial score (nSPS) is 9.50. The van der Waals surface area contributed by atoms with Gasteiger partial charge in [0.2, 0.25) is 0 Å². The fourth-order valence-corrected chi connectivity index (χ4v) is 1.92. The fourth-order valence-electron chi connectivity index (χ4n) is 0.709. The average Bonchev–Trinajstić information content (AvgIpc) is 2.47. The molecular formula is C7H9BrN2OS. The molecule has 0 unspecified atom stereocenters. The number of carbonyl (C=O) groups excluding carboxylic acids is 1. The van der Waals surface area contributed by atoms with Crippen molar-refractivity contribution in [3.63, 3.8) is 0 Å². The van der Waals surface area contributed by atoms with Crippen LogP contribution >= 0.6 is 27.3 Å². The second-order valence-electron chi connectivity index (χ2n) is 2.19. The zero-order chi connectivity index (χ0) is 8.97. The Morgan fingerprint density at radius 3 is 3.00 bits per heavy atom. The van der Waals surface area contributed by atoms with E-state index < -0.39 is 0 Å². The van der Waals surface area contributed by atoms with Gasteiger partial charge in [-0.2, -0.15) is 0 Å². The highest BCUT2D eigenvalue weighted by Crippen LogP contribution is 2.20. The molecule has 1 heterocycles. The largest absolute Gasteiger partial charge is 0.341 e. The van der Waals surface area contributed by atoms with E-state index in [9.17, 15) is 4.79 Å². The first-order valence-corrected chi connectivity index (χ1v) is 5.08. The summed E-state index contributed by atoms with van der Waals surface area (Å²) in [6.45, 7) is 0.571. The van der Waals surface area contributed by atoms with E-state index in [1.54, 1.807) is 18.4 Å². The van der Waals surface area contributed by atoms with E-state index in [-0.39, 0.29) is 6.03 Å². The first kappa shape index (κ1) is 9.54. The number of rotatable bonds is 2. The molecule has 0 aliphatic heterocycles. The van der Waals surface area contributed by atoms with Crippen molar-refractivity contribution in [1.29, 1.82) is 0 Å². The van der Waals surface area contributed by atoms with Gasteiger partial charge in [0, 0.05) is 13.6 Å². The van der Waals surface area contributed by atoms with Crippen molar-refractivity contribution in [2.45, 2.75) is 6.54 Å². The predicted molar refractivity (Wildman–Crippen MR) is 53.3 cm³/mol. The Labute approximate surface area is 83.3 Å². The SMILES string of the molecule is CNC(=O)NCc1csc(Br)c1. The molecule has 0 radical (unpaired) electrons. The lowest BCUT2D eigenvalue weighted by molar-refractivity contribution is 0.242. The monoisotopic (exact) mass is 248 g/mol. The van der Waals surface area contributed by atoms with Crippen LogP contribution < -0.4 is 10.6 Å². The summed E-state index contributed by atoms with van der Waals surface area (Å²) >= 11 is 4.96. The van der Waals surface area contributed by atoms with Gasteiger partial charge in [0.25, 0.3) is 0 Å². The van der Waals surface area contributed by atoms with Crippen molar-refractivity contribution >= 4 is 33.3 Å². The third-order valence-corrected chi connectivity index (χ3v) is 2.86. The Kier molecular flexibility index (Phi) is 3.55. The molecule has 0 saturated heterocycles. The predicted octanol–water partition coefficient (Wildman–Crippen LogP) is 1.94. The van der Waals surface area contributed by atoms with E-state index in [2.05, 4.69) is 26.6 Å². The lowest BCUT2D eigenvalue weighted by atomic mass is 10.3. The van der Waals surface area contributed by atoms with Crippen molar-refractivity contribution in [2.24, 2.45) is 0 Å². The molecule has 12 heavy (non-hydrogen) atoms. The number of thiophene rings is 1. The molecule has 0 atom stereocenters. The smallest absolute Gasteiger partial charge is 0.314 e. The number of hydrogen-bond donors (Lipinski definition) is 2. The summed E-state index contributed by atoms with van der Waals surface area (Å²) in [6.07, 6.45) is 0. The van der Waals surface area contributed by atoms with Crippen LogP contribution in [0.25, 0.3) is 0 Å². The van der Waals surface area contributed by atoms with Gasteiger partial charge >= 0.3 is 6.03 Å². The van der Waals surface area contributed by atoms with Gasteiger partial charge in [0.05, 0.1) is 3.79 Å². The molecule has 2 amide bonds. The van der Waals surface area contributed by atoms with E-state index >= 15 is 0 Å². The maximum Gasteiger partial charge on any atom is 0.314 e. The van der Waals surface area contributed by atoms with Crippen molar-refractivity contribution in [3.05, 3.63) is 20.8 Å². The molecule has 0 spiro atoms. The van der Waals surface area contributed by atoms with Crippen LogP contribution in [0.3, 0.4) is 0 Å². The molecule has 1 aromatic heterocycles. The first-order chi connectivity index (χ1) is 5.72. The minimum Gasteiger partial charge on any atom is -0.341 e. The standard InChI is InChI=1S/C7H9BrN2OS/c1-9-7(11)10-3-5-2-6(8)12-4-5/h2,4H,3H2,1H3,(H2,9,10,11). The molecule has 3 nitrogen and oxygen atoms in total. The van der Waals surface area contributed by atoms with Crippen LogP contribution in [-0.4, -0.2) is 13.1 Å². The van der Waals surface area contributed by atoms with Gasteiger partial charge < -0.3 is 10.6 Å². The molecule has 0 aromatic carbocycles. The van der Waals surface area contributed by atoms with Gasteiger partial charge in [-0.05, 0) is 32.9 Å². The number of carbonyl (C=O) groups is 1. The van der Waals surface area contributed by atoms with Gasteiger partial charge in [0.1, 0.15) is 0 Å². The highest BCUT2D eigenvalue weighted by molar-refractivity contribution is 9.11. The molecule has 2 N–H and O–H groups in total. The second kappa shape index (κ2) is 4.47. The third-order valence-electron chi connectivity index (χ3n) is 1.30. The van der Waals surface area contributed by atoms with Crippen LogP contribution in [-0.2, 0) is 6.54 Å². The molecule has 0 saturated carbocycles. The summed E-state index contributed by atoms with van der Waals surface area (Å²) in [6, 6.07) is 1.83. The molecule has 0 aliphatic carbocycles. The summed E-state index contributed by atoms with van der Waals surface area (Å²) in [5.41, 5.74) is 1.11. The van der Waals surface area contributed by atoms with Gasteiger partial charge in [-0.15, -0.1) is 11.3 Å². The Morgan fingerprint density at radius 2 is 2.50 bits per heavy atom. The number of urea groups is 1. The first-order valence-electron chi connectivity index (χ1n) is 3.41. The summed E-state index contributed by atoms with van der Waals surface area (Å²) in [5.74, 6) is 0. The van der Waals surface area contributed by atoms with Gasteiger partial charge in [0.15, 0.2) is 0 Å². The van der Waals surface area contributed by atoms with Crippen LogP contribution in [0.2, 0.25) is 0 Å². The molecule has 1 aromatic rings. The van der Waals surface area contributed by atoms with Gasteiger partial charge in [-0.25, -0.2) is 4.79 Å². The molecule has 0 fully saturated rings. The molecule has 0 bridgehead atoms. The minimum absolute atomic E-state index is 0.155. The van der Waals surface area contributed by atoms with Crippen LogP contribution in [0.4, 0.5) is 4.79 Å². The lowest BCUT2D eigenvalue weighted by Gasteiger charge is -2.00. The van der Waals surface area contributed by atoms with E-state index in [4.69, 9.17) is 0 Å². The van der Waals surface area contributed by atoms with E-state index in [1.165, 1.54) is 0 Å². The summed E-state index contributed by atoms with van der Waals surface area (Å²) in [7, 11) is 1.60. The quantitative estimate of drug-likeness (QED) is 0.826. The number of amides is 2. The third kappa shape index (κ3) is 2.83. The van der Waals surface area contributed by atoms with Crippen LogP contribution in [0.5, 0.6) is 0 Å². The number of nitrogens with one attached hydrogen (secondary N) is 2. The molecule has 1 rings (SSSR count). The highest BCUT2D eigenvalue weighted by Gasteiger charge is 1.98. The summed E-state index contributed by atoms with van der Waals surface area (Å²) in [5, 5.41) is 7.18. The average molecular weight is 249 g/mol. The van der Waals surface area contributed by atoms with Crippen LogP contribution in [0.1, 0.15) is 5.56 Å². The maximum absolute atomic E-state index is 10.8. The second-order valence-corrected chi connectivity index (χ2v) is 4.48. The number of halogens is 1. The van der Waals surface area contributed by atoms with E-state index in [1.807, 2.05) is 11.4 Å². The molecule has 66 valence electrons. The molecule has 5 heteroatoms. The van der Waals surface area contributed by atoms with E-state index in [0.29, 0.717) is 6.54 Å². The Bertz CT molecular complexity index is 274. The Balaban J connectivity index is 2.38. The Hall–Kier alpha value is -0.550. The fraction of sp³-hybridized carbons (Fsp3) is 0.286. The van der Waals surface area contributed by atoms with Crippen molar-refractivity contribution in [2.75, 3.05) is 7.05 Å². The molecular weight excluding hydrogens is 240 g/mol. The maximum atomic E-state index is 10.8. The lowest BCUT2D eigenvalue weighted by Crippen LogP contribution is -2.31. The van der Waals surface area contributed by atoms with Crippen molar-refractivity contribution in [1.82, 2.24) is 10.6 Å². The summed E-state index contributed by atoms with van der Waals surface area (Å²) < 4.78 is 1.08. The zero-order valence-corrected chi connectivity index (χ0v) is 8.96. The van der Waals surface area contributed by atoms with E-state index in [0.717, 1.165) is 9.35 Å². The molecule has 0 aliphatic rings. The van der Waals surface area contributed by atoms with Gasteiger partial charge in [-0.1, -0.05) is 0 Å². The number of hydrogen-bond acceptors (Lipinski definition) is 2. The van der Waals surface area contributed by atoms with Gasteiger partial charge in [-0.3, -0.25) is 0 Å². The zero-order valence-electron chi connectivity index (χ0n) is 6.56. The minimum atomic E-state index is -0.155. The van der Waals surface area contributed by atoms with Crippen molar-refractivity contribution < 1.29 is 4.79 Å².